The maximum atomic E-state index is 4.62. The molecule has 7 unspecified atom stereocenters. The molecule has 0 spiro atoms. The van der Waals surface area contributed by atoms with Gasteiger partial charge in [-0.2, -0.15) is 0 Å². The van der Waals surface area contributed by atoms with Gasteiger partial charge in [-0.3, -0.25) is 0 Å². The minimum Gasteiger partial charge on any atom is -0.0952 e. The third-order valence-electron chi connectivity index (χ3n) is 12.2. The summed E-state index contributed by atoms with van der Waals surface area (Å²) in [6.45, 7) is 11.0. The van der Waals surface area contributed by atoms with Crippen molar-refractivity contribution < 1.29 is 0 Å². The Morgan fingerprint density at radius 2 is 1.52 bits per heavy atom. The number of hydrogen-bond acceptors (Lipinski definition) is 0. The molecule has 0 radical (unpaired) electrons. The molecule has 2 aromatic rings. The normalized spacial score (nSPS) is 27.7. The minimum absolute atomic E-state index is 0.636. The molecule has 7 atom stereocenters. The van der Waals surface area contributed by atoms with Gasteiger partial charge in [-0.1, -0.05) is 169 Å². The van der Waals surface area contributed by atoms with Gasteiger partial charge in [0.15, 0.2) is 0 Å². The number of hydrogen-bond donors (Lipinski definition) is 0. The van der Waals surface area contributed by atoms with Gasteiger partial charge in [0.25, 0.3) is 0 Å². The van der Waals surface area contributed by atoms with Crippen LogP contribution in [0, 0.1) is 35.5 Å². The standard InChI is InChI=1S/C46H60.C2H6/c1-35-15-10-11-25-44(35)32-39-18-12-16-37(29-39)28-27-36(2)45-26-14-20-40(33-45)30-38-17-13-19-41(31-38)34-46(43-23-8-5-9-24-43)42-21-6-3-4-7-22-42;1-2/h3-6,8-11,14,20-21,23-26,33,35,37-39,41-42,46H,2,7,12-13,15-19,22,27-32,34H2,1H3;1-2H3. The highest BCUT2D eigenvalue weighted by Gasteiger charge is 2.29. The molecule has 4 aliphatic carbocycles. The second-order valence-corrected chi connectivity index (χ2v) is 15.7. The average Bonchev–Trinajstić information content (AvgIpc) is 3.42. The predicted octanol–water partition coefficient (Wildman–Crippen LogP) is 14.3. The quantitative estimate of drug-likeness (QED) is 0.216. The van der Waals surface area contributed by atoms with Crippen LogP contribution in [0.15, 0.2) is 109 Å². The Morgan fingerprint density at radius 1 is 0.771 bits per heavy atom. The Kier molecular flexibility index (Phi) is 14.7. The van der Waals surface area contributed by atoms with Gasteiger partial charge < -0.3 is 0 Å². The molecule has 0 heterocycles. The van der Waals surface area contributed by atoms with Crippen LogP contribution in [-0.4, -0.2) is 0 Å². The van der Waals surface area contributed by atoms with Crippen LogP contribution in [0.25, 0.3) is 5.57 Å². The van der Waals surface area contributed by atoms with Gasteiger partial charge in [0.05, 0.1) is 0 Å². The van der Waals surface area contributed by atoms with E-state index in [2.05, 4.69) is 111 Å². The van der Waals surface area contributed by atoms with Gasteiger partial charge in [-0.15, -0.1) is 0 Å². The molecule has 0 bridgehead atoms. The van der Waals surface area contributed by atoms with Crippen molar-refractivity contribution in [1.82, 2.24) is 0 Å². The summed E-state index contributed by atoms with van der Waals surface area (Å²) in [6, 6.07) is 20.9. The van der Waals surface area contributed by atoms with Crippen LogP contribution >= 0.6 is 0 Å². The van der Waals surface area contributed by atoms with E-state index in [1.54, 1.807) is 11.1 Å². The molecular weight excluding hydrogens is 577 g/mol. The molecule has 4 aliphatic rings. The summed E-state index contributed by atoms with van der Waals surface area (Å²) in [6.07, 6.45) is 37.8. The molecular formula is C48H66. The van der Waals surface area contributed by atoms with E-state index in [-0.39, 0.29) is 0 Å². The first-order valence-corrected chi connectivity index (χ1v) is 20.1. The first-order chi connectivity index (χ1) is 23.6. The Hall–Kier alpha value is -2.86. The lowest BCUT2D eigenvalue weighted by molar-refractivity contribution is 0.230. The van der Waals surface area contributed by atoms with E-state index in [4.69, 9.17) is 0 Å². The van der Waals surface area contributed by atoms with E-state index >= 15 is 0 Å². The van der Waals surface area contributed by atoms with Gasteiger partial charge >= 0.3 is 0 Å². The minimum atomic E-state index is 0.636. The number of benzene rings is 2. The molecule has 2 aromatic carbocycles. The Balaban J connectivity index is 0.00000221. The zero-order chi connectivity index (χ0) is 33.6. The maximum absolute atomic E-state index is 4.62. The summed E-state index contributed by atoms with van der Waals surface area (Å²) in [5, 5.41) is 0. The summed E-state index contributed by atoms with van der Waals surface area (Å²) >= 11 is 0. The smallest absolute Gasteiger partial charge is 0.00961 e. The van der Waals surface area contributed by atoms with E-state index in [0.29, 0.717) is 11.8 Å². The second kappa shape index (κ2) is 19.4. The van der Waals surface area contributed by atoms with Crippen LogP contribution in [0.1, 0.15) is 140 Å². The van der Waals surface area contributed by atoms with Gasteiger partial charge in [0.2, 0.25) is 0 Å². The van der Waals surface area contributed by atoms with Crippen LogP contribution in [0.4, 0.5) is 0 Å². The third kappa shape index (κ3) is 10.8. The Morgan fingerprint density at radius 3 is 2.33 bits per heavy atom. The van der Waals surface area contributed by atoms with Crippen molar-refractivity contribution in [2.45, 2.75) is 129 Å². The molecule has 258 valence electrons. The van der Waals surface area contributed by atoms with Crippen LogP contribution < -0.4 is 0 Å². The monoisotopic (exact) mass is 643 g/mol. The van der Waals surface area contributed by atoms with Gasteiger partial charge in [0, 0.05) is 0 Å². The number of rotatable bonds is 12. The Bertz CT molecular complexity index is 1370. The van der Waals surface area contributed by atoms with E-state index < -0.39 is 0 Å². The van der Waals surface area contributed by atoms with Crippen molar-refractivity contribution >= 4 is 5.57 Å². The summed E-state index contributed by atoms with van der Waals surface area (Å²) in [7, 11) is 0. The summed E-state index contributed by atoms with van der Waals surface area (Å²) < 4.78 is 0. The van der Waals surface area contributed by atoms with Crippen molar-refractivity contribution in [3.05, 3.63) is 126 Å². The molecule has 6 rings (SSSR count). The molecule has 0 N–H and O–H groups in total. The maximum Gasteiger partial charge on any atom is -0.00961 e. The van der Waals surface area contributed by atoms with Crippen molar-refractivity contribution in [3.63, 3.8) is 0 Å². The largest absolute Gasteiger partial charge is 0.0952 e. The molecule has 0 amide bonds. The number of allylic oxidation sites excluding steroid dienone is 9. The van der Waals surface area contributed by atoms with Gasteiger partial charge in [-0.25, -0.2) is 0 Å². The molecule has 0 aliphatic heterocycles. The lowest BCUT2D eigenvalue weighted by atomic mass is 9.71. The molecule has 0 aromatic heterocycles. The van der Waals surface area contributed by atoms with E-state index in [1.165, 1.54) is 113 Å². The SMILES string of the molecule is C=C(CCC1CCCC(CC2=CC=CCC2C)C1)c1cccc(CC2CCCC(CC(c3ccccc3)C3C=CC=CCC3)C2)c1.CC. The molecule has 2 saturated carbocycles. The molecule has 0 saturated heterocycles. The predicted molar refractivity (Wildman–Crippen MR) is 211 cm³/mol. The second-order valence-electron chi connectivity index (χ2n) is 15.7. The van der Waals surface area contributed by atoms with Crippen molar-refractivity contribution in [2.24, 2.45) is 35.5 Å². The highest BCUT2D eigenvalue weighted by Crippen LogP contribution is 2.42. The third-order valence-corrected chi connectivity index (χ3v) is 12.2. The van der Waals surface area contributed by atoms with Crippen LogP contribution in [0.2, 0.25) is 0 Å². The first-order valence-electron chi connectivity index (χ1n) is 20.1. The van der Waals surface area contributed by atoms with E-state index in [1.807, 2.05) is 13.8 Å². The van der Waals surface area contributed by atoms with Gasteiger partial charge in [-0.05, 0) is 128 Å². The molecule has 0 nitrogen and oxygen atoms in total. The van der Waals surface area contributed by atoms with Crippen molar-refractivity contribution in [2.75, 3.05) is 0 Å². The van der Waals surface area contributed by atoms with Gasteiger partial charge in [0.1, 0.15) is 0 Å². The lowest BCUT2D eigenvalue weighted by Gasteiger charge is -2.34. The molecule has 48 heavy (non-hydrogen) atoms. The summed E-state index contributed by atoms with van der Waals surface area (Å²) in [4.78, 5) is 0. The summed E-state index contributed by atoms with van der Waals surface area (Å²) in [5.74, 6) is 5.43. The van der Waals surface area contributed by atoms with E-state index in [9.17, 15) is 0 Å². The highest BCUT2D eigenvalue weighted by atomic mass is 14.3. The zero-order valence-electron chi connectivity index (χ0n) is 30.8. The fourth-order valence-electron chi connectivity index (χ4n) is 9.54. The fourth-order valence-corrected chi connectivity index (χ4v) is 9.54. The van der Waals surface area contributed by atoms with Crippen LogP contribution in [0.5, 0.6) is 0 Å². The molecule has 2 fully saturated rings. The Labute approximate surface area is 295 Å². The molecule has 0 heteroatoms. The zero-order valence-corrected chi connectivity index (χ0v) is 30.8. The topological polar surface area (TPSA) is 0 Å². The fraction of sp³-hybridized carbons (Fsp3) is 0.542. The average molecular weight is 643 g/mol. The van der Waals surface area contributed by atoms with E-state index in [0.717, 1.165) is 36.0 Å². The van der Waals surface area contributed by atoms with Crippen molar-refractivity contribution in [3.8, 4) is 0 Å². The summed E-state index contributed by atoms with van der Waals surface area (Å²) in [5.41, 5.74) is 7.52. The highest BCUT2D eigenvalue weighted by molar-refractivity contribution is 5.63. The first kappa shape index (κ1) is 36.4. The van der Waals surface area contributed by atoms with Crippen molar-refractivity contribution in [1.29, 1.82) is 0 Å². The van der Waals surface area contributed by atoms with Crippen LogP contribution in [-0.2, 0) is 6.42 Å². The lowest BCUT2D eigenvalue weighted by Crippen LogP contribution is -2.22. The van der Waals surface area contributed by atoms with Crippen LogP contribution in [0.3, 0.4) is 0 Å².